The maximum absolute atomic E-state index is 11.8. The van der Waals surface area contributed by atoms with E-state index >= 15 is 0 Å². The lowest BCUT2D eigenvalue weighted by Gasteiger charge is -2.01. The van der Waals surface area contributed by atoms with Crippen LogP contribution in [0, 0.1) is 0 Å². The van der Waals surface area contributed by atoms with Crippen LogP contribution in [0.3, 0.4) is 0 Å². The molecule has 0 bridgehead atoms. The molecule has 0 atom stereocenters. The number of nitrogens with zero attached hydrogens (tertiary/aromatic N) is 3. The van der Waals surface area contributed by atoms with Crippen LogP contribution in [-0.2, 0) is 0 Å². The fourth-order valence-electron chi connectivity index (χ4n) is 1.30. The van der Waals surface area contributed by atoms with Gasteiger partial charge in [-0.1, -0.05) is 13.8 Å². The largest absolute Gasteiger partial charge is 0.384 e. The van der Waals surface area contributed by atoms with Gasteiger partial charge < -0.3 is 11.1 Å². The second-order valence-corrected chi connectivity index (χ2v) is 4.12. The highest BCUT2D eigenvalue weighted by atomic mass is 16.2. The average Bonchev–Trinajstić information content (AvgIpc) is 2.81. The molecule has 18 heavy (non-hydrogen) atoms. The van der Waals surface area contributed by atoms with E-state index in [1.54, 1.807) is 12.1 Å². The van der Waals surface area contributed by atoms with Crippen molar-refractivity contribution in [3.63, 3.8) is 0 Å². The molecule has 0 fully saturated rings. The van der Waals surface area contributed by atoms with Gasteiger partial charge in [-0.2, -0.15) is 0 Å². The van der Waals surface area contributed by atoms with Gasteiger partial charge in [-0.15, -0.1) is 5.10 Å². The molecule has 0 aromatic carbocycles. The maximum atomic E-state index is 11.8. The van der Waals surface area contributed by atoms with Crippen molar-refractivity contribution in [1.82, 2.24) is 20.2 Å². The summed E-state index contributed by atoms with van der Waals surface area (Å²) in [5, 5.41) is 9.22. The minimum absolute atomic E-state index is 0.107. The van der Waals surface area contributed by atoms with Crippen LogP contribution in [-0.4, -0.2) is 26.1 Å². The molecule has 2 rings (SSSR count). The average molecular weight is 246 g/mol. The molecule has 2 heterocycles. The Kier molecular flexibility index (Phi) is 3.22. The van der Waals surface area contributed by atoms with Gasteiger partial charge in [-0.25, -0.2) is 9.97 Å². The predicted octanol–water partition coefficient (Wildman–Crippen LogP) is 1.16. The number of carbonyl (C=O) groups excluding carboxylic acids is 1. The van der Waals surface area contributed by atoms with Crippen LogP contribution in [0.4, 0.5) is 11.5 Å². The lowest BCUT2D eigenvalue weighted by Crippen LogP contribution is -2.14. The standard InChI is InChI=1S/C11H14N6O/c1-6(2)9-15-10(17-16-9)11(18)14-7-3-4-8(12)13-5-7/h3-6H,1-2H3,(H2,12,13)(H,14,18)(H,15,16,17). The molecule has 0 unspecified atom stereocenters. The Morgan fingerprint density at radius 1 is 1.44 bits per heavy atom. The Bertz CT molecular complexity index is 545. The van der Waals surface area contributed by atoms with Crippen LogP contribution in [0.15, 0.2) is 18.3 Å². The third-order valence-electron chi connectivity index (χ3n) is 2.30. The first-order valence-corrected chi connectivity index (χ1v) is 5.51. The maximum Gasteiger partial charge on any atom is 0.295 e. The van der Waals surface area contributed by atoms with Gasteiger partial charge in [0.15, 0.2) is 0 Å². The van der Waals surface area contributed by atoms with E-state index in [1.807, 2.05) is 13.8 Å². The first-order chi connectivity index (χ1) is 8.56. The molecular formula is C11H14N6O. The molecule has 1 amide bonds. The number of aromatic amines is 1. The molecule has 2 aromatic heterocycles. The second-order valence-electron chi connectivity index (χ2n) is 4.12. The Morgan fingerprint density at radius 3 is 2.78 bits per heavy atom. The Balaban J connectivity index is 2.09. The van der Waals surface area contributed by atoms with E-state index in [1.165, 1.54) is 6.20 Å². The van der Waals surface area contributed by atoms with E-state index in [-0.39, 0.29) is 17.6 Å². The molecule has 0 saturated heterocycles. The van der Waals surface area contributed by atoms with Crippen molar-refractivity contribution < 1.29 is 4.79 Å². The summed E-state index contributed by atoms with van der Waals surface area (Å²) in [6.45, 7) is 3.93. The van der Waals surface area contributed by atoms with E-state index < -0.39 is 0 Å². The number of aromatic nitrogens is 4. The number of amides is 1. The highest BCUT2D eigenvalue weighted by Crippen LogP contribution is 2.10. The fourth-order valence-corrected chi connectivity index (χ4v) is 1.30. The first kappa shape index (κ1) is 12.0. The molecule has 0 radical (unpaired) electrons. The zero-order chi connectivity index (χ0) is 13.1. The number of rotatable bonds is 3. The molecule has 7 nitrogen and oxygen atoms in total. The van der Waals surface area contributed by atoms with Gasteiger partial charge in [0.2, 0.25) is 5.82 Å². The molecule has 0 aliphatic heterocycles. The van der Waals surface area contributed by atoms with E-state index in [0.29, 0.717) is 17.3 Å². The van der Waals surface area contributed by atoms with Crippen LogP contribution in [0.25, 0.3) is 0 Å². The summed E-state index contributed by atoms with van der Waals surface area (Å²) in [5.41, 5.74) is 6.00. The van der Waals surface area contributed by atoms with Crippen molar-refractivity contribution in [2.24, 2.45) is 0 Å². The highest BCUT2D eigenvalue weighted by Gasteiger charge is 2.14. The van der Waals surface area contributed by atoms with Gasteiger partial charge in [-0.05, 0) is 12.1 Å². The lowest BCUT2D eigenvalue weighted by atomic mass is 10.2. The summed E-state index contributed by atoms with van der Waals surface area (Å²) < 4.78 is 0. The summed E-state index contributed by atoms with van der Waals surface area (Å²) in [7, 11) is 0. The molecule has 0 aliphatic carbocycles. The summed E-state index contributed by atoms with van der Waals surface area (Å²) >= 11 is 0. The molecule has 0 spiro atoms. The Hall–Kier alpha value is -2.44. The number of hydrogen-bond acceptors (Lipinski definition) is 5. The second kappa shape index (κ2) is 4.82. The van der Waals surface area contributed by atoms with E-state index in [2.05, 4.69) is 25.5 Å². The number of nitrogens with two attached hydrogens (primary N) is 1. The van der Waals surface area contributed by atoms with Gasteiger partial charge in [0, 0.05) is 5.92 Å². The van der Waals surface area contributed by atoms with Crippen molar-refractivity contribution in [1.29, 1.82) is 0 Å². The number of pyridine rings is 1. The monoisotopic (exact) mass is 246 g/mol. The van der Waals surface area contributed by atoms with Crippen molar-refractivity contribution in [3.05, 3.63) is 30.0 Å². The van der Waals surface area contributed by atoms with E-state index in [4.69, 9.17) is 5.73 Å². The topological polar surface area (TPSA) is 110 Å². The highest BCUT2D eigenvalue weighted by molar-refractivity contribution is 6.01. The van der Waals surface area contributed by atoms with Crippen LogP contribution >= 0.6 is 0 Å². The van der Waals surface area contributed by atoms with Gasteiger partial charge in [0.25, 0.3) is 5.91 Å². The van der Waals surface area contributed by atoms with E-state index in [9.17, 15) is 4.79 Å². The fraction of sp³-hybridized carbons (Fsp3) is 0.273. The van der Waals surface area contributed by atoms with Gasteiger partial charge in [0.05, 0.1) is 11.9 Å². The summed E-state index contributed by atoms with van der Waals surface area (Å²) in [4.78, 5) is 19.8. The van der Waals surface area contributed by atoms with Crippen molar-refractivity contribution in [3.8, 4) is 0 Å². The summed E-state index contributed by atoms with van der Waals surface area (Å²) in [5.74, 6) is 0.987. The zero-order valence-electron chi connectivity index (χ0n) is 10.1. The van der Waals surface area contributed by atoms with Gasteiger partial charge in [0.1, 0.15) is 11.6 Å². The van der Waals surface area contributed by atoms with Crippen LogP contribution in [0.1, 0.15) is 36.2 Å². The third kappa shape index (κ3) is 2.62. The predicted molar refractivity (Wildman–Crippen MR) is 67.1 cm³/mol. The Morgan fingerprint density at radius 2 is 2.22 bits per heavy atom. The number of H-pyrrole nitrogens is 1. The first-order valence-electron chi connectivity index (χ1n) is 5.51. The van der Waals surface area contributed by atoms with E-state index in [0.717, 1.165) is 0 Å². The SMILES string of the molecule is CC(C)c1nc(C(=O)Nc2ccc(N)nc2)n[nH]1. The van der Waals surface area contributed by atoms with Crippen molar-refractivity contribution >= 4 is 17.4 Å². The van der Waals surface area contributed by atoms with Crippen LogP contribution in [0.5, 0.6) is 0 Å². The molecule has 2 aromatic rings. The van der Waals surface area contributed by atoms with Crippen molar-refractivity contribution in [2.45, 2.75) is 19.8 Å². The number of anilines is 2. The normalized spacial score (nSPS) is 10.6. The molecule has 0 saturated carbocycles. The lowest BCUT2D eigenvalue weighted by molar-refractivity contribution is 0.101. The quantitative estimate of drug-likeness (QED) is 0.752. The number of nitrogen functional groups attached to an aromatic ring is 1. The minimum Gasteiger partial charge on any atom is -0.384 e. The van der Waals surface area contributed by atoms with Gasteiger partial charge in [-0.3, -0.25) is 9.89 Å². The number of hydrogen-bond donors (Lipinski definition) is 3. The van der Waals surface area contributed by atoms with Crippen LogP contribution < -0.4 is 11.1 Å². The molecule has 94 valence electrons. The summed E-state index contributed by atoms with van der Waals surface area (Å²) in [6.07, 6.45) is 1.48. The molecule has 4 N–H and O–H groups in total. The van der Waals surface area contributed by atoms with Crippen LogP contribution in [0.2, 0.25) is 0 Å². The minimum atomic E-state index is -0.385. The molecular weight excluding hydrogens is 232 g/mol. The number of nitrogens with one attached hydrogen (secondary N) is 2. The zero-order valence-corrected chi connectivity index (χ0v) is 10.1. The van der Waals surface area contributed by atoms with Gasteiger partial charge >= 0.3 is 0 Å². The molecule has 0 aliphatic rings. The van der Waals surface area contributed by atoms with Crippen molar-refractivity contribution in [2.75, 3.05) is 11.1 Å². The molecule has 7 heteroatoms. The smallest absolute Gasteiger partial charge is 0.295 e. The third-order valence-corrected chi connectivity index (χ3v) is 2.30. The summed E-state index contributed by atoms with van der Waals surface area (Å²) in [6, 6.07) is 3.27. The number of carbonyl (C=O) groups is 1. The Labute approximate surface area is 104 Å².